The molecule has 0 bridgehead atoms. The minimum atomic E-state index is -3.25. The Hall–Kier alpha value is -2.35. The van der Waals surface area contributed by atoms with Crippen LogP contribution in [-0.4, -0.2) is 30.3 Å². The van der Waals surface area contributed by atoms with E-state index in [0.29, 0.717) is 22.9 Å². The molecule has 8 heteroatoms. The number of amidine groups is 1. The number of hydrogen-bond acceptors (Lipinski definition) is 5. The van der Waals surface area contributed by atoms with Gasteiger partial charge >= 0.3 is 0 Å². The first kappa shape index (κ1) is 15.0. The fraction of sp³-hybridized carbons (Fsp3) is 0.231. The van der Waals surface area contributed by atoms with Gasteiger partial charge in [-0.15, -0.1) is 0 Å². The van der Waals surface area contributed by atoms with Crippen LogP contribution in [0.4, 0.5) is 0 Å². The quantitative estimate of drug-likeness (QED) is 0.651. The van der Waals surface area contributed by atoms with Gasteiger partial charge < -0.3 is 10.5 Å². The summed E-state index contributed by atoms with van der Waals surface area (Å²) in [5.74, 6) is 0.642. The van der Waals surface area contributed by atoms with Gasteiger partial charge in [0.2, 0.25) is 5.88 Å². The van der Waals surface area contributed by atoms with Crippen LogP contribution in [0.3, 0.4) is 0 Å². The maximum Gasteiger partial charge on any atom is 0.228 e. The monoisotopic (exact) mass is 308 g/mol. The molecule has 1 aromatic carbocycles. The minimum Gasteiger partial charge on any atom is -0.439 e. The third-order valence-corrected chi connectivity index (χ3v) is 4.03. The van der Waals surface area contributed by atoms with E-state index in [-0.39, 0.29) is 10.7 Å². The molecule has 0 aliphatic heterocycles. The van der Waals surface area contributed by atoms with Gasteiger partial charge in [-0.1, -0.05) is 0 Å². The van der Waals surface area contributed by atoms with E-state index in [9.17, 15) is 8.42 Å². The molecule has 112 valence electrons. The molecule has 0 fully saturated rings. The molecule has 0 unspecified atom stereocenters. The van der Waals surface area contributed by atoms with E-state index < -0.39 is 9.84 Å². The lowest BCUT2D eigenvalue weighted by atomic mass is 10.2. The standard InChI is InChI=1S/C13H16N4O3S/c1-8-11(12(14)15)13(17(2)16-8)20-9-4-6-10(7-5-9)21(3,18)19/h4-7H,1-3H3,(H3,14,15). The van der Waals surface area contributed by atoms with Gasteiger partial charge in [0.1, 0.15) is 17.1 Å². The van der Waals surface area contributed by atoms with Crippen LogP contribution >= 0.6 is 0 Å². The molecule has 1 aromatic heterocycles. The molecule has 0 atom stereocenters. The largest absolute Gasteiger partial charge is 0.439 e. The van der Waals surface area contributed by atoms with Gasteiger partial charge in [0.05, 0.1) is 10.6 Å². The van der Waals surface area contributed by atoms with Crippen molar-refractivity contribution >= 4 is 15.7 Å². The number of aryl methyl sites for hydroxylation is 2. The summed E-state index contributed by atoms with van der Waals surface area (Å²) >= 11 is 0. The molecule has 0 aliphatic rings. The van der Waals surface area contributed by atoms with Crippen LogP contribution in [-0.2, 0) is 16.9 Å². The van der Waals surface area contributed by atoms with E-state index in [1.165, 1.54) is 16.8 Å². The van der Waals surface area contributed by atoms with Crippen molar-refractivity contribution < 1.29 is 13.2 Å². The first-order valence-electron chi connectivity index (χ1n) is 6.06. The molecule has 2 rings (SSSR count). The summed E-state index contributed by atoms with van der Waals surface area (Å²) in [5, 5.41) is 11.7. The summed E-state index contributed by atoms with van der Waals surface area (Å²) < 4.78 is 30.0. The van der Waals surface area contributed by atoms with E-state index in [4.69, 9.17) is 15.9 Å². The smallest absolute Gasteiger partial charge is 0.228 e. The summed E-state index contributed by atoms with van der Waals surface area (Å²) in [5.41, 5.74) is 6.55. The number of nitrogens with one attached hydrogen (secondary N) is 1. The lowest BCUT2D eigenvalue weighted by Crippen LogP contribution is -2.13. The van der Waals surface area contributed by atoms with Gasteiger partial charge in [-0.25, -0.2) is 13.1 Å². The van der Waals surface area contributed by atoms with Crippen LogP contribution in [0, 0.1) is 12.3 Å². The van der Waals surface area contributed by atoms with Crippen molar-refractivity contribution in [1.82, 2.24) is 9.78 Å². The molecule has 2 aromatic rings. The van der Waals surface area contributed by atoms with Gasteiger partial charge in [0.15, 0.2) is 9.84 Å². The number of benzene rings is 1. The number of hydrogen-bond donors (Lipinski definition) is 2. The first-order chi connectivity index (χ1) is 9.70. The molecule has 3 N–H and O–H groups in total. The van der Waals surface area contributed by atoms with Crippen LogP contribution in [0.15, 0.2) is 29.2 Å². The summed E-state index contributed by atoms with van der Waals surface area (Å²) in [6.45, 7) is 1.73. The Morgan fingerprint density at radius 1 is 1.33 bits per heavy atom. The molecule has 7 nitrogen and oxygen atoms in total. The Kier molecular flexibility index (Phi) is 3.73. The Balaban J connectivity index is 2.37. The fourth-order valence-corrected chi connectivity index (χ4v) is 2.56. The highest BCUT2D eigenvalue weighted by Crippen LogP contribution is 2.27. The van der Waals surface area contributed by atoms with E-state index >= 15 is 0 Å². The van der Waals surface area contributed by atoms with Gasteiger partial charge in [-0.3, -0.25) is 5.41 Å². The minimum absolute atomic E-state index is 0.136. The lowest BCUT2D eigenvalue weighted by molar-refractivity contribution is 0.429. The van der Waals surface area contributed by atoms with Crippen molar-refractivity contribution in [2.75, 3.05) is 6.26 Å². The zero-order valence-corrected chi connectivity index (χ0v) is 12.7. The SMILES string of the molecule is Cc1nn(C)c(Oc2ccc(S(C)(=O)=O)cc2)c1C(=N)N. The summed E-state index contributed by atoms with van der Waals surface area (Å²) in [7, 11) is -1.57. The van der Waals surface area contributed by atoms with Crippen molar-refractivity contribution in [3.8, 4) is 11.6 Å². The topological polar surface area (TPSA) is 111 Å². The number of aromatic nitrogens is 2. The van der Waals surface area contributed by atoms with Gasteiger partial charge in [-0.05, 0) is 31.2 Å². The fourth-order valence-electron chi connectivity index (χ4n) is 1.93. The zero-order chi connectivity index (χ0) is 15.8. The third-order valence-electron chi connectivity index (χ3n) is 2.91. The third kappa shape index (κ3) is 3.05. The number of nitrogens with zero attached hydrogens (tertiary/aromatic N) is 2. The molecule has 1 heterocycles. The molecule has 0 amide bonds. The molecule has 0 spiro atoms. The Labute approximate surface area is 122 Å². The van der Waals surface area contributed by atoms with Crippen molar-refractivity contribution in [2.24, 2.45) is 12.8 Å². The maximum absolute atomic E-state index is 11.4. The van der Waals surface area contributed by atoms with E-state index in [1.807, 2.05) is 0 Å². The molecule has 0 aliphatic carbocycles. The highest BCUT2D eigenvalue weighted by molar-refractivity contribution is 7.90. The van der Waals surface area contributed by atoms with Gasteiger partial charge in [0.25, 0.3) is 0 Å². The highest BCUT2D eigenvalue weighted by atomic mass is 32.2. The Morgan fingerprint density at radius 2 is 1.90 bits per heavy atom. The zero-order valence-electron chi connectivity index (χ0n) is 11.9. The first-order valence-corrected chi connectivity index (χ1v) is 7.95. The van der Waals surface area contributed by atoms with Crippen molar-refractivity contribution in [3.63, 3.8) is 0 Å². The number of ether oxygens (including phenoxy) is 1. The van der Waals surface area contributed by atoms with Crippen molar-refractivity contribution in [2.45, 2.75) is 11.8 Å². The predicted molar refractivity (Wildman–Crippen MR) is 78.6 cm³/mol. The number of sulfone groups is 1. The molecular formula is C13H16N4O3S. The van der Waals surface area contributed by atoms with Crippen molar-refractivity contribution in [1.29, 1.82) is 5.41 Å². The van der Waals surface area contributed by atoms with Crippen molar-refractivity contribution in [3.05, 3.63) is 35.5 Å². The number of nitrogens with two attached hydrogens (primary N) is 1. The molecular weight excluding hydrogens is 292 g/mol. The normalized spacial score (nSPS) is 11.4. The molecule has 0 saturated carbocycles. The van der Waals surface area contributed by atoms with Crippen LogP contribution in [0.5, 0.6) is 11.6 Å². The average Bonchev–Trinajstić information content (AvgIpc) is 2.63. The average molecular weight is 308 g/mol. The van der Waals surface area contributed by atoms with E-state index in [1.54, 1.807) is 26.1 Å². The molecule has 21 heavy (non-hydrogen) atoms. The summed E-state index contributed by atoms with van der Waals surface area (Å²) in [6.07, 6.45) is 1.14. The molecule has 0 saturated heterocycles. The van der Waals surface area contributed by atoms with Crippen LogP contribution in [0.25, 0.3) is 0 Å². The van der Waals surface area contributed by atoms with Crippen LogP contribution < -0.4 is 10.5 Å². The number of nitrogen functional groups attached to an aromatic ring is 1. The second-order valence-corrected chi connectivity index (χ2v) is 6.66. The second-order valence-electron chi connectivity index (χ2n) is 4.65. The van der Waals surface area contributed by atoms with Gasteiger partial charge in [-0.2, -0.15) is 5.10 Å². The lowest BCUT2D eigenvalue weighted by Gasteiger charge is -2.08. The van der Waals surface area contributed by atoms with E-state index in [0.717, 1.165) is 6.26 Å². The second kappa shape index (κ2) is 5.21. The Morgan fingerprint density at radius 3 is 2.38 bits per heavy atom. The maximum atomic E-state index is 11.4. The van der Waals surface area contributed by atoms with Crippen LogP contribution in [0.1, 0.15) is 11.3 Å². The summed E-state index contributed by atoms with van der Waals surface area (Å²) in [4.78, 5) is 0.211. The summed E-state index contributed by atoms with van der Waals surface area (Å²) in [6, 6.07) is 6.01. The highest BCUT2D eigenvalue weighted by Gasteiger charge is 2.18. The van der Waals surface area contributed by atoms with E-state index in [2.05, 4.69) is 5.10 Å². The number of rotatable bonds is 4. The molecule has 0 radical (unpaired) electrons. The Bertz CT molecular complexity index is 792. The van der Waals surface area contributed by atoms with Gasteiger partial charge in [0, 0.05) is 13.3 Å². The predicted octanol–water partition coefficient (Wildman–Crippen LogP) is 1.21. The van der Waals surface area contributed by atoms with Crippen LogP contribution in [0.2, 0.25) is 0 Å².